The summed E-state index contributed by atoms with van der Waals surface area (Å²) in [7, 11) is 2.08. The maximum Gasteiger partial charge on any atom is 0.137 e. The first-order valence-corrected chi connectivity index (χ1v) is 11.4. The Morgan fingerprint density at radius 2 is 1.75 bits per heavy atom. The monoisotopic (exact) mass is 429 g/mol. The van der Waals surface area contributed by atoms with E-state index in [-0.39, 0.29) is 0 Å². The number of likely N-dealkylation sites (N-methyl/N-ethyl adjacent to an activating group) is 1. The van der Waals surface area contributed by atoms with Crippen molar-refractivity contribution in [2.45, 2.75) is 53.5 Å². The van der Waals surface area contributed by atoms with Gasteiger partial charge in [0.15, 0.2) is 0 Å². The second-order valence-electron chi connectivity index (χ2n) is 8.98. The van der Waals surface area contributed by atoms with Gasteiger partial charge in [0.2, 0.25) is 0 Å². The molecule has 0 saturated heterocycles. The van der Waals surface area contributed by atoms with Gasteiger partial charge in [-0.15, -0.1) is 0 Å². The third kappa shape index (κ3) is 5.99. The molecule has 168 valence electrons. The molecule has 0 fully saturated rings. The van der Waals surface area contributed by atoms with E-state index < -0.39 is 0 Å². The van der Waals surface area contributed by atoms with Crippen molar-refractivity contribution in [1.29, 1.82) is 5.26 Å². The first kappa shape index (κ1) is 23.6. The molecule has 0 bridgehead atoms. The Bertz CT molecular complexity index is 1080. The van der Waals surface area contributed by atoms with Gasteiger partial charge in [-0.05, 0) is 87.2 Å². The minimum Gasteiger partial charge on any atom is -0.373 e. The summed E-state index contributed by atoms with van der Waals surface area (Å²) in [6, 6.07) is 17.5. The highest BCUT2D eigenvalue weighted by atomic mass is 15.1. The number of hydrogen-bond acceptors (Lipinski definition) is 4. The number of benzene rings is 1. The van der Waals surface area contributed by atoms with Gasteiger partial charge in [-0.25, -0.2) is 4.98 Å². The van der Waals surface area contributed by atoms with Crippen LogP contribution in [-0.4, -0.2) is 35.7 Å². The SMILES string of the molecule is Cc1cc(CCc2cc(C#N)cc(N(C)CCNC(C)C)c2)nc(-n2c(C)ccc2C)c1. The number of aryl methyl sites for hydroxylation is 5. The third-order valence-corrected chi connectivity index (χ3v) is 5.73. The Kier molecular flexibility index (Phi) is 7.71. The molecular formula is C27H35N5. The second-order valence-corrected chi connectivity index (χ2v) is 8.98. The number of pyridine rings is 1. The van der Waals surface area contributed by atoms with Crippen molar-refractivity contribution in [1.82, 2.24) is 14.9 Å². The molecule has 2 aromatic heterocycles. The van der Waals surface area contributed by atoms with E-state index in [9.17, 15) is 5.26 Å². The Morgan fingerprint density at radius 1 is 1.03 bits per heavy atom. The van der Waals surface area contributed by atoms with Crippen molar-refractivity contribution < 1.29 is 0 Å². The molecule has 0 atom stereocenters. The second kappa shape index (κ2) is 10.5. The molecule has 0 aliphatic carbocycles. The van der Waals surface area contributed by atoms with E-state index in [1.54, 1.807) is 0 Å². The van der Waals surface area contributed by atoms with Gasteiger partial charge in [-0.1, -0.05) is 13.8 Å². The first-order chi connectivity index (χ1) is 15.3. The molecule has 0 unspecified atom stereocenters. The van der Waals surface area contributed by atoms with E-state index in [4.69, 9.17) is 4.98 Å². The summed E-state index contributed by atoms with van der Waals surface area (Å²) in [5.74, 6) is 0.976. The summed E-state index contributed by atoms with van der Waals surface area (Å²) in [4.78, 5) is 7.16. The fourth-order valence-corrected chi connectivity index (χ4v) is 4.02. The summed E-state index contributed by atoms with van der Waals surface area (Å²) in [6.45, 7) is 12.4. The fourth-order valence-electron chi connectivity index (χ4n) is 4.02. The van der Waals surface area contributed by atoms with Crippen molar-refractivity contribution in [2.75, 3.05) is 25.0 Å². The standard InChI is InChI=1S/C27H35N5/c1-19(2)29-11-12-31(6)26-16-23(15-24(17-26)18-28)9-10-25-13-20(3)14-27(30-25)32-21(4)7-8-22(32)5/h7-8,13-17,19,29H,9-12H2,1-6H3. The topological polar surface area (TPSA) is 56.9 Å². The van der Waals surface area contributed by atoms with Gasteiger partial charge in [0, 0.05) is 48.9 Å². The Morgan fingerprint density at radius 3 is 2.41 bits per heavy atom. The van der Waals surface area contributed by atoms with E-state index in [2.05, 4.69) is 92.9 Å². The van der Waals surface area contributed by atoms with Gasteiger partial charge in [0.25, 0.3) is 0 Å². The minimum atomic E-state index is 0.468. The highest BCUT2D eigenvalue weighted by Crippen LogP contribution is 2.21. The quantitative estimate of drug-likeness (QED) is 0.526. The minimum absolute atomic E-state index is 0.468. The molecule has 1 N–H and O–H groups in total. The van der Waals surface area contributed by atoms with Crippen LogP contribution in [-0.2, 0) is 12.8 Å². The van der Waals surface area contributed by atoms with Crippen LogP contribution in [0.2, 0.25) is 0 Å². The van der Waals surface area contributed by atoms with Gasteiger partial charge in [-0.2, -0.15) is 5.26 Å². The van der Waals surface area contributed by atoms with Crippen LogP contribution in [0.25, 0.3) is 5.82 Å². The number of nitriles is 1. The molecule has 5 nitrogen and oxygen atoms in total. The zero-order valence-electron chi connectivity index (χ0n) is 20.2. The van der Waals surface area contributed by atoms with Crippen molar-refractivity contribution >= 4 is 5.69 Å². The predicted molar refractivity (Wildman–Crippen MR) is 133 cm³/mol. The molecule has 5 heteroatoms. The maximum atomic E-state index is 9.54. The van der Waals surface area contributed by atoms with Crippen LogP contribution in [0, 0.1) is 32.1 Å². The lowest BCUT2D eigenvalue weighted by atomic mass is 10.0. The Labute approximate surface area is 192 Å². The lowest BCUT2D eigenvalue weighted by molar-refractivity contribution is 0.589. The molecule has 0 aliphatic rings. The first-order valence-electron chi connectivity index (χ1n) is 11.4. The molecule has 0 radical (unpaired) electrons. The van der Waals surface area contributed by atoms with Crippen molar-refractivity contribution in [2.24, 2.45) is 0 Å². The van der Waals surface area contributed by atoms with E-state index in [0.29, 0.717) is 11.6 Å². The van der Waals surface area contributed by atoms with Crippen LogP contribution < -0.4 is 10.2 Å². The number of anilines is 1. The van der Waals surface area contributed by atoms with Crippen molar-refractivity contribution in [3.63, 3.8) is 0 Å². The number of rotatable bonds is 9. The number of nitrogens with zero attached hydrogens (tertiary/aromatic N) is 4. The zero-order valence-corrected chi connectivity index (χ0v) is 20.2. The normalized spacial score (nSPS) is 11.1. The summed E-state index contributed by atoms with van der Waals surface area (Å²) in [5.41, 5.74) is 7.62. The van der Waals surface area contributed by atoms with E-state index in [1.165, 1.54) is 22.5 Å². The molecule has 2 heterocycles. The summed E-state index contributed by atoms with van der Waals surface area (Å²) in [6.07, 6.45) is 1.68. The predicted octanol–water partition coefficient (Wildman–Crippen LogP) is 4.89. The van der Waals surface area contributed by atoms with Crippen LogP contribution in [0.3, 0.4) is 0 Å². The van der Waals surface area contributed by atoms with Crippen molar-refractivity contribution in [3.8, 4) is 11.9 Å². The van der Waals surface area contributed by atoms with E-state index in [1.807, 2.05) is 12.1 Å². The summed E-state index contributed by atoms with van der Waals surface area (Å²) >= 11 is 0. The van der Waals surface area contributed by atoms with Gasteiger partial charge in [-0.3, -0.25) is 0 Å². The highest BCUT2D eigenvalue weighted by Gasteiger charge is 2.10. The molecule has 32 heavy (non-hydrogen) atoms. The molecule has 3 aromatic rings. The number of aromatic nitrogens is 2. The largest absolute Gasteiger partial charge is 0.373 e. The molecular weight excluding hydrogens is 394 g/mol. The zero-order chi connectivity index (χ0) is 23.3. The lowest BCUT2D eigenvalue weighted by Crippen LogP contribution is -2.32. The molecule has 0 saturated carbocycles. The number of nitrogens with one attached hydrogen (secondary N) is 1. The summed E-state index contributed by atoms with van der Waals surface area (Å²) in [5, 5.41) is 13.0. The Balaban J connectivity index is 1.77. The molecule has 1 aromatic carbocycles. The Hall–Kier alpha value is -3.10. The third-order valence-electron chi connectivity index (χ3n) is 5.73. The lowest BCUT2D eigenvalue weighted by Gasteiger charge is -2.21. The van der Waals surface area contributed by atoms with Gasteiger partial charge < -0.3 is 14.8 Å². The number of hydrogen-bond donors (Lipinski definition) is 1. The van der Waals surface area contributed by atoms with Crippen LogP contribution >= 0.6 is 0 Å². The smallest absolute Gasteiger partial charge is 0.137 e. The van der Waals surface area contributed by atoms with Crippen LogP contribution in [0.5, 0.6) is 0 Å². The van der Waals surface area contributed by atoms with Crippen LogP contribution in [0.1, 0.15) is 47.6 Å². The molecule has 0 spiro atoms. The fraction of sp³-hybridized carbons (Fsp3) is 0.407. The van der Waals surface area contributed by atoms with Crippen molar-refractivity contribution in [3.05, 3.63) is 76.2 Å². The van der Waals surface area contributed by atoms with Crippen LogP contribution in [0.15, 0.2) is 42.5 Å². The maximum absolute atomic E-state index is 9.54. The average molecular weight is 430 g/mol. The van der Waals surface area contributed by atoms with Gasteiger partial charge in [0.1, 0.15) is 5.82 Å². The van der Waals surface area contributed by atoms with Gasteiger partial charge >= 0.3 is 0 Å². The highest BCUT2D eigenvalue weighted by molar-refractivity contribution is 5.54. The molecule has 0 amide bonds. The van der Waals surface area contributed by atoms with Crippen LogP contribution in [0.4, 0.5) is 5.69 Å². The van der Waals surface area contributed by atoms with E-state index in [0.717, 1.165) is 43.1 Å². The molecule has 0 aliphatic heterocycles. The van der Waals surface area contributed by atoms with E-state index >= 15 is 0 Å². The summed E-state index contributed by atoms with van der Waals surface area (Å²) < 4.78 is 2.20. The average Bonchev–Trinajstić information content (AvgIpc) is 3.09. The molecule has 3 rings (SSSR count). The van der Waals surface area contributed by atoms with Gasteiger partial charge in [0.05, 0.1) is 11.6 Å².